The lowest BCUT2D eigenvalue weighted by Crippen LogP contribution is -2.42. The second-order valence-corrected chi connectivity index (χ2v) is 23.4. The number of fused-ring (bicyclic) bond motifs is 1. The molecule has 1 heterocycles. The Kier molecular flexibility index (Phi) is 17.1. The van der Waals surface area contributed by atoms with Gasteiger partial charge in [0.1, 0.15) is 10.2 Å². The molecule has 0 radical (unpaired) electrons. The number of amides is 2. The third-order valence-corrected chi connectivity index (χ3v) is 19.3. The molecule has 2 amide bonds. The van der Waals surface area contributed by atoms with Crippen molar-refractivity contribution in [2.75, 3.05) is 0 Å². The van der Waals surface area contributed by atoms with Gasteiger partial charge in [0.25, 0.3) is 0 Å². The van der Waals surface area contributed by atoms with E-state index < -0.39 is 0 Å². The number of nitrogens with zero attached hydrogens (tertiary/aromatic N) is 1. The zero-order valence-electron chi connectivity index (χ0n) is 41.7. The Hall–Kier alpha value is -4.23. The van der Waals surface area contributed by atoms with Crippen LogP contribution in [0.2, 0.25) is 0 Å². The van der Waals surface area contributed by atoms with Crippen LogP contribution in [0, 0.1) is 71.0 Å². The van der Waals surface area contributed by atoms with E-state index in [2.05, 4.69) is 36.3 Å². The molecule has 0 spiro atoms. The quantitative estimate of drug-likeness (QED) is 0.105. The van der Waals surface area contributed by atoms with Crippen LogP contribution in [0.5, 0.6) is 11.5 Å². The fraction of sp³-hybridized carbons (Fsp3) is 0.678. The average Bonchev–Trinajstić information content (AvgIpc) is 3.85. The number of nitrogens with one attached hydrogen (secondary N) is 2. The fourth-order valence-corrected chi connectivity index (χ4v) is 14.5. The van der Waals surface area contributed by atoms with Crippen LogP contribution < -0.4 is 20.1 Å². The fourth-order valence-electron chi connectivity index (χ4n) is 13.6. The topological polar surface area (TPSA) is 124 Å². The molecule has 0 atom stereocenters. The van der Waals surface area contributed by atoms with Gasteiger partial charge in [-0.15, -0.1) is 11.3 Å². The number of carbonyl (C=O) groups is 4. The largest absolute Gasteiger partial charge is 0.425 e. The third kappa shape index (κ3) is 12.8. The summed E-state index contributed by atoms with van der Waals surface area (Å²) in [6, 6.07) is 13.9. The van der Waals surface area contributed by atoms with E-state index >= 15 is 0 Å². The van der Waals surface area contributed by atoms with Gasteiger partial charge in [-0.2, -0.15) is 0 Å². The van der Waals surface area contributed by atoms with Crippen molar-refractivity contribution in [3.8, 4) is 23.3 Å². The Labute approximate surface area is 416 Å². The van der Waals surface area contributed by atoms with Crippen molar-refractivity contribution in [2.24, 2.45) is 59.2 Å². The first-order valence-electron chi connectivity index (χ1n) is 27.7. The van der Waals surface area contributed by atoms with Gasteiger partial charge in [-0.1, -0.05) is 50.8 Å². The predicted octanol–water partition coefficient (Wildman–Crippen LogP) is 12.9. The Morgan fingerprint density at radius 3 is 1.36 bits per heavy atom. The first-order valence-corrected chi connectivity index (χ1v) is 28.6. The van der Waals surface area contributed by atoms with E-state index in [-0.39, 0.29) is 47.4 Å². The van der Waals surface area contributed by atoms with Crippen molar-refractivity contribution in [3.63, 3.8) is 0 Å². The molecule has 0 aliphatic heterocycles. The first-order chi connectivity index (χ1) is 33.7. The third-order valence-electron chi connectivity index (χ3n) is 18.3. The van der Waals surface area contributed by atoms with Crippen molar-refractivity contribution in [2.45, 2.75) is 193 Å². The van der Waals surface area contributed by atoms with Gasteiger partial charge in [-0.25, -0.2) is 4.98 Å². The highest BCUT2D eigenvalue weighted by molar-refractivity contribution is 7.19. The number of rotatable bonds is 12. The van der Waals surface area contributed by atoms with Crippen LogP contribution in [0.25, 0.3) is 10.2 Å². The summed E-state index contributed by atoms with van der Waals surface area (Å²) in [7, 11) is 0. The van der Waals surface area contributed by atoms with Gasteiger partial charge < -0.3 is 20.1 Å². The molecule has 6 fully saturated rings. The molecular formula is C59H79N3O6S. The van der Waals surface area contributed by atoms with E-state index in [0.29, 0.717) is 62.5 Å². The summed E-state index contributed by atoms with van der Waals surface area (Å²) < 4.78 is 13.1. The van der Waals surface area contributed by atoms with Crippen LogP contribution in [0.1, 0.15) is 191 Å². The van der Waals surface area contributed by atoms with Crippen LogP contribution in [0.4, 0.5) is 0 Å². The number of carbonyl (C=O) groups excluding carboxylic acids is 4. The van der Waals surface area contributed by atoms with Gasteiger partial charge in [0.2, 0.25) is 11.8 Å². The molecule has 10 heteroatoms. The van der Waals surface area contributed by atoms with Gasteiger partial charge >= 0.3 is 11.9 Å². The van der Waals surface area contributed by atoms with Crippen molar-refractivity contribution >= 4 is 45.3 Å². The molecule has 2 N–H and O–H groups in total. The number of esters is 2. The summed E-state index contributed by atoms with van der Waals surface area (Å²) in [5.74, 6) is 11.6. The van der Waals surface area contributed by atoms with Crippen molar-refractivity contribution in [1.82, 2.24) is 15.6 Å². The molecule has 0 bridgehead atoms. The SMILES string of the molecule is CCC1CCC(C(=O)NC2CCC([C@H]3CC[C@H](C(=O)Oc4ccc(OC(=O)C5CCC([C@H]6CC[C@@H](NC(=O)[C@H]7CC[C@@H](CC)CC7)CC6)CC5)c5sc(C#Cc6ccccc6)nc45)CC3)CC2)CC1. The summed E-state index contributed by atoms with van der Waals surface area (Å²) >= 11 is 1.36. The molecule has 2 aromatic carbocycles. The van der Waals surface area contributed by atoms with Crippen molar-refractivity contribution in [3.05, 3.63) is 53.0 Å². The summed E-state index contributed by atoms with van der Waals surface area (Å²) in [6.45, 7) is 4.53. The molecule has 0 unspecified atom stereocenters. The van der Waals surface area contributed by atoms with Crippen LogP contribution in [-0.2, 0) is 19.2 Å². The first kappa shape index (κ1) is 49.7. The monoisotopic (exact) mass is 958 g/mol. The summed E-state index contributed by atoms with van der Waals surface area (Å²) in [5.41, 5.74) is 1.38. The van der Waals surface area contributed by atoms with Gasteiger partial charge in [-0.3, -0.25) is 19.2 Å². The van der Waals surface area contributed by atoms with Gasteiger partial charge in [-0.05, 0) is 220 Å². The number of aromatic nitrogens is 1. The van der Waals surface area contributed by atoms with Crippen LogP contribution in [0.15, 0.2) is 42.5 Å². The number of hydrogen-bond acceptors (Lipinski definition) is 8. The number of hydrogen-bond donors (Lipinski definition) is 2. The van der Waals surface area contributed by atoms with E-state index in [1.165, 1.54) is 49.9 Å². The zero-order chi connectivity index (χ0) is 47.7. The van der Waals surface area contributed by atoms with Gasteiger partial charge in [0.05, 0.1) is 11.8 Å². The van der Waals surface area contributed by atoms with Gasteiger partial charge in [0, 0.05) is 29.5 Å². The second kappa shape index (κ2) is 23.8. The minimum absolute atomic E-state index is 0.163. The van der Waals surface area contributed by atoms with Crippen molar-refractivity contribution in [1.29, 1.82) is 0 Å². The maximum atomic E-state index is 13.9. The molecule has 372 valence electrons. The Morgan fingerprint density at radius 1 is 0.507 bits per heavy atom. The maximum Gasteiger partial charge on any atom is 0.314 e. The highest BCUT2D eigenvalue weighted by atomic mass is 32.1. The van der Waals surface area contributed by atoms with Crippen LogP contribution in [-0.4, -0.2) is 40.8 Å². The number of ether oxygens (including phenoxy) is 2. The second-order valence-electron chi connectivity index (χ2n) is 22.4. The van der Waals surface area contributed by atoms with E-state index in [1.54, 1.807) is 12.1 Å². The smallest absolute Gasteiger partial charge is 0.314 e. The van der Waals surface area contributed by atoms with E-state index in [1.807, 2.05) is 30.3 Å². The normalized spacial score (nSPS) is 31.9. The molecule has 6 aliphatic rings. The van der Waals surface area contributed by atoms with E-state index in [9.17, 15) is 19.2 Å². The summed E-state index contributed by atoms with van der Waals surface area (Å²) in [5, 5.41) is 7.42. The molecule has 3 aromatic rings. The molecule has 6 aliphatic carbocycles. The Morgan fingerprint density at radius 2 is 0.913 bits per heavy atom. The number of benzene rings is 2. The molecule has 6 saturated carbocycles. The molecule has 1 aromatic heterocycles. The lowest BCUT2D eigenvalue weighted by Gasteiger charge is -2.38. The Balaban J connectivity index is 0.758. The Bertz CT molecular complexity index is 2120. The predicted molar refractivity (Wildman–Crippen MR) is 273 cm³/mol. The van der Waals surface area contributed by atoms with Gasteiger partial charge in [0.15, 0.2) is 16.5 Å². The maximum absolute atomic E-state index is 13.9. The molecule has 0 saturated heterocycles. The summed E-state index contributed by atoms with van der Waals surface area (Å²) in [6.07, 6.45) is 27.5. The van der Waals surface area contributed by atoms with E-state index in [0.717, 1.165) is 146 Å². The van der Waals surface area contributed by atoms with Crippen molar-refractivity contribution < 1.29 is 28.7 Å². The zero-order valence-corrected chi connectivity index (χ0v) is 42.5. The van der Waals surface area contributed by atoms with Crippen LogP contribution in [0.3, 0.4) is 0 Å². The molecule has 9 nitrogen and oxygen atoms in total. The highest BCUT2D eigenvalue weighted by Gasteiger charge is 2.37. The lowest BCUT2D eigenvalue weighted by molar-refractivity contribution is -0.141. The minimum Gasteiger partial charge on any atom is -0.425 e. The summed E-state index contributed by atoms with van der Waals surface area (Å²) in [4.78, 5) is 58.7. The number of thiazole rings is 1. The highest BCUT2D eigenvalue weighted by Crippen LogP contribution is 2.44. The standard InChI is InChI=1S/C59H79N3O6S/c1-3-38-10-15-45(16-11-38)56(63)60-49-31-27-43(28-32-49)41-19-23-47(24-20-41)58(65)67-51-35-36-52(55-54(51)62-53(69-55)37-14-40-8-6-5-7-9-40)68-59(66)48-25-21-42(22-26-48)44-29-33-50(34-30-44)61-57(64)46-17-12-39(4-2)13-18-46/h5-9,35-36,38-39,41-50H,3-4,10-13,15-34H2,1-2H3,(H,60,63)(H,61,64)/t38?,39-,41-,42?,43?,44-,45?,46+,47-,48?,49?,50+. The average molecular weight is 958 g/mol. The lowest BCUT2D eigenvalue weighted by atomic mass is 9.70. The molecular weight excluding hydrogens is 879 g/mol. The van der Waals surface area contributed by atoms with E-state index in [4.69, 9.17) is 14.5 Å². The molecule has 69 heavy (non-hydrogen) atoms. The minimum atomic E-state index is -0.219. The molecule has 9 rings (SSSR count). The van der Waals surface area contributed by atoms with Crippen LogP contribution >= 0.6 is 11.3 Å².